The number of carbonyl (C=O) groups excluding carboxylic acids is 1. The van der Waals surface area contributed by atoms with Crippen molar-refractivity contribution in [3.05, 3.63) is 27.7 Å². The largest absolute Gasteiger partial charge is 0.388 e. The number of rotatable bonds is 7. The van der Waals surface area contributed by atoms with Crippen molar-refractivity contribution in [3.63, 3.8) is 0 Å². The number of amides is 1. The molecule has 0 spiro atoms. The molecule has 2 N–H and O–H groups in total. The Hall–Kier alpha value is -1.84. The number of hydrogen-bond acceptors (Lipinski definition) is 7. The minimum Gasteiger partial charge on any atom is -0.388 e. The van der Waals surface area contributed by atoms with E-state index >= 15 is 0 Å². The summed E-state index contributed by atoms with van der Waals surface area (Å²) in [7, 11) is 1.64. The summed E-state index contributed by atoms with van der Waals surface area (Å²) in [5.41, 5.74) is 0.478. The Balaban J connectivity index is 1.58. The molecule has 9 heteroatoms. The maximum absolute atomic E-state index is 12.1. The number of nitrogens with zero attached hydrogens (tertiary/aromatic N) is 4. The molecule has 0 aromatic carbocycles. The average molecular weight is 351 g/mol. The van der Waals surface area contributed by atoms with E-state index in [9.17, 15) is 9.90 Å². The van der Waals surface area contributed by atoms with Crippen LogP contribution in [0, 0.1) is 6.92 Å². The lowest BCUT2D eigenvalue weighted by Gasteiger charge is -2.35. The highest BCUT2D eigenvalue weighted by Crippen LogP contribution is 2.36. The minimum absolute atomic E-state index is 0.120. The van der Waals surface area contributed by atoms with Gasteiger partial charge >= 0.3 is 0 Å². The number of hydrogen-bond donors (Lipinski definition) is 2. The van der Waals surface area contributed by atoms with E-state index in [0.717, 1.165) is 23.7 Å². The SMILES string of the molecule is COCCn1c(CO)nnc1C1CC(NC(=O)c2csc(C)n2)C1. The molecule has 0 aliphatic heterocycles. The van der Waals surface area contributed by atoms with E-state index in [1.807, 2.05) is 11.5 Å². The summed E-state index contributed by atoms with van der Waals surface area (Å²) < 4.78 is 7.02. The van der Waals surface area contributed by atoms with Crippen LogP contribution in [0.2, 0.25) is 0 Å². The summed E-state index contributed by atoms with van der Waals surface area (Å²) in [6.07, 6.45) is 1.62. The molecule has 24 heavy (non-hydrogen) atoms. The first kappa shape index (κ1) is 17.0. The van der Waals surface area contributed by atoms with Crippen molar-refractivity contribution in [1.82, 2.24) is 25.1 Å². The van der Waals surface area contributed by atoms with E-state index in [0.29, 0.717) is 24.7 Å². The first-order valence-electron chi connectivity index (χ1n) is 7.87. The quantitative estimate of drug-likeness (QED) is 0.767. The molecule has 8 nitrogen and oxygen atoms in total. The summed E-state index contributed by atoms with van der Waals surface area (Å²) >= 11 is 1.47. The number of thiazole rings is 1. The second kappa shape index (κ2) is 7.37. The maximum atomic E-state index is 12.1. The van der Waals surface area contributed by atoms with Gasteiger partial charge in [0.15, 0.2) is 5.82 Å². The van der Waals surface area contributed by atoms with Crippen LogP contribution in [0.25, 0.3) is 0 Å². The van der Waals surface area contributed by atoms with Crippen LogP contribution in [0.4, 0.5) is 0 Å². The summed E-state index contributed by atoms with van der Waals surface area (Å²) in [5, 5.41) is 23.3. The van der Waals surface area contributed by atoms with E-state index in [1.54, 1.807) is 12.5 Å². The number of ether oxygens (including phenoxy) is 1. The number of carbonyl (C=O) groups is 1. The Morgan fingerprint density at radius 3 is 2.92 bits per heavy atom. The fourth-order valence-electron chi connectivity index (χ4n) is 2.87. The van der Waals surface area contributed by atoms with Crippen LogP contribution in [0.1, 0.15) is 45.9 Å². The first-order chi connectivity index (χ1) is 11.6. The van der Waals surface area contributed by atoms with Gasteiger partial charge in [0.2, 0.25) is 0 Å². The molecular weight excluding hydrogens is 330 g/mol. The standard InChI is InChI=1S/C15H21N5O3S/c1-9-16-12(8-24-9)15(22)17-11-5-10(6-11)14-19-18-13(7-21)20(14)3-4-23-2/h8,10-11,21H,3-7H2,1-2H3,(H,17,22). The van der Waals surface area contributed by atoms with Crippen LogP contribution in [0.15, 0.2) is 5.38 Å². The fourth-order valence-corrected chi connectivity index (χ4v) is 3.46. The molecule has 1 aliphatic carbocycles. The van der Waals surface area contributed by atoms with Crippen molar-refractivity contribution in [2.45, 2.75) is 44.9 Å². The number of aliphatic hydroxyl groups excluding tert-OH is 1. The van der Waals surface area contributed by atoms with Gasteiger partial charge < -0.3 is 19.7 Å². The van der Waals surface area contributed by atoms with Crippen molar-refractivity contribution in [2.75, 3.05) is 13.7 Å². The van der Waals surface area contributed by atoms with Crippen LogP contribution in [0.5, 0.6) is 0 Å². The molecular formula is C15H21N5O3S. The van der Waals surface area contributed by atoms with E-state index in [4.69, 9.17) is 4.74 Å². The van der Waals surface area contributed by atoms with Crippen molar-refractivity contribution < 1.29 is 14.6 Å². The van der Waals surface area contributed by atoms with Crippen LogP contribution in [-0.4, -0.2) is 50.5 Å². The predicted molar refractivity (Wildman–Crippen MR) is 87.9 cm³/mol. The van der Waals surface area contributed by atoms with Gasteiger partial charge in [0, 0.05) is 31.0 Å². The number of methoxy groups -OCH3 is 1. The van der Waals surface area contributed by atoms with Gasteiger partial charge in [-0.05, 0) is 19.8 Å². The Kier molecular flexibility index (Phi) is 5.22. The highest BCUT2D eigenvalue weighted by atomic mass is 32.1. The second-order valence-electron chi connectivity index (χ2n) is 5.87. The van der Waals surface area contributed by atoms with Crippen molar-refractivity contribution in [1.29, 1.82) is 0 Å². The Labute approximate surface area is 143 Å². The smallest absolute Gasteiger partial charge is 0.270 e. The molecule has 0 radical (unpaired) electrons. The highest BCUT2D eigenvalue weighted by Gasteiger charge is 2.35. The highest BCUT2D eigenvalue weighted by molar-refractivity contribution is 7.09. The first-order valence-corrected chi connectivity index (χ1v) is 8.75. The summed E-state index contributed by atoms with van der Waals surface area (Å²) in [4.78, 5) is 16.3. The molecule has 3 rings (SSSR count). The average Bonchev–Trinajstić information content (AvgIpc) is 3.14. The van der Waals surface area contributed by atoms with E-state index in [2.05, 4.69) is 20.5 Å². The Bertz CT molecular complexity index is 708. The molecule has 0 unspecified atom stereocenters. The number of nitrogens with one attached hydrogen (secondary N) is 1. The molecule has 1 saturated carbocycles. The third-order valence-electron chi connectivity index (χ3n) is 4.21. The second-order valence-corrected chi connectivity index (χ2v) is 6.93. The molecule has 1 aliphatic rings. The zero-order chi connectivity index (χ0) is 17.1. The Morgan fingerprint density at radius 1 is 1.50 bits per heavy atom. The molecule has 1 amide bonds. The van der Waals surface area contributed by atoms with Gasteiger partial charge in [-0.2, -0.15) is 0 Å². The van der Waals surface area contributed by atoms with Crippen LogP contribution in [-0.2, 0) is 17.9 Å². The lowest BCUT2D eigenvalue weighted by Crippen LogP contribution is -2.44. The monoisotopic (exact) mass is 351 g/mol. The molecule has 2 heterocycles. The van der Waals surface area contributed by atoms with E-state index < -0.39 is 0 Å². The van der Waals surface area contributed by atoms with Gasteiger partial charge in [0.25, 0.3) is 5.91 Å². The molecule has 1 fully saturated rings. The van der Waals surface area contributed by atoms with Gasteiger partial charge in [-0.15, -0.1) is 21.5 Å². The minimum atomic E-state index is -0.146. The van der Waals surface area contributed by atoms with Gasteiger partial charge in [-0.3, -0.25) is 4.79 Å². The van der Waals surface area contributed by atoms with Gasteiger partial charge in [0.05, 0.1) is 11.6 Å². The molecule has 2 aromatic heterocycles. The normalized spacial score (nSPS) is 20.0. The third kappa shape index (κ3) is 3.47. The molecule has 0 bridgehead atoms. The summed E-state index contributed by atoms with van der Waals surface area (Å²) in [6, 6.07) is 0.120. The zero-order valence-corrected chi connectivity index (χ0v) is 14.5. The lowest BCUT2D eigenvalue weighted by atomic mass is 9.79. The van der Waals surface area contributed by atoms with Gasteiger partial charge in [0.1, 0.15) is 18.1 Å². The van der Waals surface area contributed by atoms with Gasteiger partial charge in [-0.25, -0.2) is 4.98 Å². The van der Waals surface area contributed by atoms with Crippen molar-refractivity contribution >= 4 is 17.2 Å². The van der Waals surface area contributed by atoms with Crippen LogP contribution < -0.4 is 5.32 Å². The van der Waals surface area contributed by atoms with E-state index in [1.165, 1.54) is 11.3 Å². The Morgan fingerprint density at radius 2 is 2.29 bits per heavy atom. The molecule has 0 saturated heterocycles. The lowest BCUT2D eigenvalue weighted by molar-refractivity contribution is 0.0901. The number of aromatic nitrogens is 4. The predicted octanol–water partition coefficient (Wildman–Crippen LogP) is 0.858. The molecule has 0 atom stereocenters. The van der Waals surface area contributed by atoms with Crippen LogP contribution >= 0.6 is 11.3 Å². The number of aryl methyl sites for hydroxylation is 1. The zero-order valence-electron chi connectivity index (χ0n) is 13.7. The topological polar surface area (TPSA) is 102 Å². The van der Waals surface area contributed by atoms with E-state index in [-0.39, 0.29) is 24.5 Å². The molecule has 130 valence electrons. The van der Waals surface area contributed by atoms with Crippen molar-refractivity contribution in [3.8, 4) is 0 Å². The molecule has 2 aromatic rings. The summed E-state index contributed by atoms with van der Waals surface area (Å²) in [6.45, 7) is 2.88. The number of aliphatic hydroxyl groups is 1. The van der Waals surface area contributed by atoms with Crippen LogP contribution in [0.3, 0.4) is 0 Å². The van der Waals surface area contributed by atoms with Gasteiger partial charge in [-0.1, -0.05) is 0 Å². The summed E-state index contributed by atoms with van der Waals surface area (Å²) in [5.74, 6) is 1.51. The van der Waals surface area contributed by atoms with Crippen molar-refractivity contribution in [2.24, 2.45) is 0 Å². The maximum Gasteiger partial charge on any atom is 0.270 e. The third-order valence-corrected chi connectivity index (χ3v) is 4.98. The fraction of sp³-hybridized carbons (Fsp3) is 0.600.